The maximum absolute atomic E-state index is 12.5. The molecule has 25 heavy (non-hydrogen) atoms. The van der Waals surface area contributed by atoms with Crippen LogP contribution in [0, 0.1) is 6.92 Å². The molecule has 7 nitrogen and oxygen atoms in total. The van der Waals surface area contributed by atoms with E-state index in [0.29, 0.717) is 11.4 Å². The van der Waals surface area contributed by atoms with Crippen LogP contribution in [-0.4, -0.2) is 26.4 Å². The predicted octanol–water partition coefficient (Wildman–Crippen LogP) is 1.84. The number of rotatable bonds is 5. The number of aryl methyl sites for hydroxylation is 1. The lowest BCUT2D eigenvalue weighted by Gasteiger charge is -2.16. The van der Waals surface area contributed by atoms with Crippen LogP contribution in [0.1, 0.15) is 41.1 Å². The molecule has 0 aliphatic heterocycles. The number of hydrogen-bond acceptors (Lipinski definition) is 5. The van der Waals surface area contributed by atoms with Gasteiger partial charge < -0.3 is 14.8 Å². The summed E-state index contributed by atoms with van der Waals surface area (Å²) in [5.74, 6) is -0.0875. The van der Waals surface area contributed by atoms with Crippen molar-refractivity contribution < 1.29 is 14.3 Å². The third-order valence-electron chi connectivity index (χ3n) is 3.94. The van der Waals surface area contributed by atoms with Crippen LogP contribution in [-0.2, 0) is 0 Å². The number of furan rings is 1. The number of amides is 1. The normalized spacial score (nSPS) is 13.6. The molecule has 7 heteroatoms. The van der Waals surface area contributed by atoms with E-state index in [9.17, 15) is 14.7 Å². The van der Waals surface area contributed by atoms with Crippen molar-refractivity contribution >= 4 is 11.6 Å². The fourth-order valence-corrected chi connectivity index (χ4v) is 2.62. The first-order valence-electron chi connectivity index (χ1n) is 7.96. The summed E-state index contributed by atoms with van der Waals surface area (Å²) in [6.07, 6.45) is 3.79. The van der Waals surface area contributed by atoms with Crippen molar-refractivity contribution in [3.63, 3.8) is 0 Å². The van der Waals surface area contributed by atoms with Crippen molar-refractivity contribution in [3.05, 3.63) is 70.2 Å². The van der Waals surface area contributed by atoms with E-state index >= 15 is 0 Å². The molecular formula is C18H19N3O4. The Hall–Kier alpha value is -2.93. The van der Waals surface area contributed by atoms with E-state index in [1.165, 1.54) is 16.9 Å². The lowest BCUT2D eigenvalue weighted by Crippen LogP contribution is -2.37. The van der Waals surface area contributed by atoms with Gasteiger partial charge in [0.1, 0.15) is 23.1 Å². The molecule has 0 fully saturated rings. The summed E-state index contributed by atoms with van der Waals surface area (Å²) >= 11 is 0. The molecule has 0 saturated heterocycles. The molecule has 0 spiro atoms. The van der Waals surface area contributed by atoms with E-state index in [1.807, 2.05) is 6.92 Å². The first kappa shape index (κ1) is 16.9. The first-order chi connectivity index (χ1) is 12.0. The van der Waals surface area contributed by atoms with Gasteiger partial charge in [0.15, 0.2) is 0 Å². The molecule has 2 N–H and O–H groups in total. The van der Waals surface area contributed by atoms with Gasteiger partial charge in [-0.15, -0.1) is 0 Å². The number of nitrogens with zero attached hydrogens (tertiary/aromatic N) is 2. The van der Waals surface area contributed by atoms with Crippen LogP contribution in [0.3, 0.4) is 0 Å². The SMILES string of the molecule is Cc1ccn2c(=O)c(C(=O)NC(C)CC(O)c3ccco3)cnc2c1. The van der Waals surface area contributed by atoms with Crippen LogP contribution in [0.4, 0.5) is 0 Å². The molecular weight excluding hydrogens is 322 g/mol. The number of fused-ring (bicyclic) bond motifs is 1. The smallest absolute Gasteiger partial charge is 0.270 e. The Kier molecular flexibility index (Phi) is 4.67. The molecule has 3 aromatic heterocycles. The van der Waals surface area contributed by atoms with Gasteiger partial charge in [-0.3, -0.25) is 14.0 Å². The van der Waals surface area contributed by atoms with E-state index in [1.54, 1.807) is 37.4 Å². The molecule has 130 valence electrons. The Balaban J connectivity index is 1.74. The fourth-order valence-electron chi connectivity index (χ4n) is 2.62. The quantitative estimate of drug-likeness (QED) is 0.738. The molecule has 3 aromatic rings. The first-order valence-corrected chi connectivity index (χ1v) is 7.96. The zero-order chi connectivity index (χ0) is 18.0. The van der Waals surface area contributed by atoms with Gasteiger partial charge in [-0.2, -0.15) is 0 Å². The van der Waals surface area contributed by atoms with Crippen molar-refractivity contribution in [2.75, 3.05) is 0 Å². The highest BCUT2D eigenvalue weighted by Crippen LogP contribution is 2.18. The summed E-state index contributed by atoms with van der Waals surface area (Å²) in [4.78, 5) is 29.0. The topological polar surface area (TPSA) is 96.8 Å². The molecule has 0 aromatic carbocycles. The molecule has 0 saturated carbocycles. The largest absolute Gasteiger partial charge is 0.467 e. The molecule has 2 unspecified atom stereocenters. The van der Waals surface area contributed by atoms with Crippen molar-refractivity contribution in [2.45, 2.75) is 32.4 Å². The molecule has 0 bridgehead atoms. The maximum Gasteiger partial charge on any atom is 0.270 e. The monoisotopic (exact) mass is 341 g/mol. The molecule has 0 radical (unpaired) electrons. The second kappa shape index (κ2) is 6.90. The van der Waals surface area contributed by atoms with E-state index in [4.69, 9.17) is 4.42 Å². The van der Waals surface area contributed by atoms with Gasteiger partial charge in [-0.1, -0.05) is 0 Å². The van der Waals surface area contributed by atoms with Crippen LogP contribution in [0.25, 0.3) is 5.65 Å². The Morgan fingerprint density at radius 3 is 2.96 bits per heavy atom. The lowest BCUT2D eigenvalue weighted by atomic mass is 10.1. The van der Waals surface area contributed by atoms with Crippen LogP contribution >= 0.6 is 0 Å². The number of nitrogens with one attached hydrogen (secondary N) is 1. The third kappa shape index (κ3) is 3.61. The molecule has 3 heterocycles. The standard InChI is InChI=1S/C18H19N3O4/c1-11-5-6-21-16(8-11)19-10-13(18(21)24)17(23)20-12(2)9-14(22)15-4-3-7-25-15/h3-8,10,12,14,22H,9H2,1-2H3,(H,20,23). The summed E-state index contributed by atoms with van der Waals surface area (Å²) < 4.78 is 6.47. The highest BCUT2D eigenvalue weighted by molar-refractivity contribution is 5.93. The van der Waals surface area contributed by atoms with E-state index in [2.05, 4.69) is 10.3 Å². The van der Waals surface area contributed by atoms with Crippen molar-refractivity contribution in [3.8, 4) is 0 Å². The van der Waals surface area contributed by atoms with Gasteiger partial charge in [0.05, 0.1) is 6.26 Å². The Morgan fingerprint density at radius 1 is 1.44 bits per heavy atom. The van der Waals surface area contributed by atoms with Gasteiger partial charge in [-0.05, 0) is 43.7 Å². The highest BCUT2D eigenvalue weighted by atomic mass is 16.4. The Labute approximate surface area is 143 Å². The number of carbonyl (C=O) groups excluding carboxylic acids is 1. The second-order valence-corrected chi connectivity index (χ2v) is 6.05. The number of carbonyl (C=O) groups is 1. The van der Waals surface area contributed by atoms with Gasteiger partial charge >= 0.3 is 0 Å². The van der Waals surface area contributed by atoms with Crippen LogP contribution in [0.5, 0.6) is 0 Å². The molecule has 1 amide bonds. The van der Waals surface area contributed by atoms with Gasteiger partial charge in [-0.25, -0.2) is 4.98 Å². The fraction of sp³-hybridized carbons (Fsp3) is 0.278. The third-order valence-corrected chi connectivity index (χ3v) is 3.94. The van der Waals surface area contributed by atoms with E-state index < -0.39 is 17.6 Å². The summed E-state index contributed by atoms with van der Waals surface area (Å²) in [6.45, 7) is 3.65. The van der Waals surface area contributed by atoms with Gasteiger partial charge in [0.2, 0.25) is 0 Å². The second-order valence-electron chi connectivity index (χ2n) is 6.05. The van der Waals surface area contributed by atoms with Crippen LogP contribution in [0.15, 0.2) is 52.1 Å². The maximum atomic E-state index is 12.5. The van der Waals surface area contributed by atoms with E-state index in [-0.39, 0.29) is 18.0 Å². The predicted molar refractivity (Wildman–Crippen MR) is 91.4 cm³/mol. The summed E-state index contributed by atoms with van der Waals surface area (Å²) in [7, 11) is 0. The van der Waals surface area contributed by atoms with Crippen molar-refractivity contribution in [2.24, 2.45) is 0 Å². The summed E-state index contributed by atoms with van der Waals surface area (Å²) in [5, 5.41) is 12.8. The lowest BCUT2D eigenvalue weighted by molar-refractivity contribution is 0.0901. The number of aliphatic hydroxyl groups excluding tert-OH is 1. The number of aromatic nitrogens is 2. The zero-order valence-electron chi connectivity index (χ0n) is 14.0. The number of pyridine rings is 1. The minimum Gasteiger partial charge on any atom is -0.467 e. The summed E-state index contributed by atoms with van der Waals surface area (Å²) in [5.41, 5.74) is 0.995. The minimum absolute atomic E-state index is 0.0410. The number of aliphatic hydroxyl groups is 1. The molecule has 3 rings (SSSR count). The van der Waals surface area contributed by atoms with E-state index in [0.717, 1.165) is 5.56 Å². The minimum atomic E-state index is -0.830. The van der Waals surface area contributed by atoms with Crippen molar-refractivity contribution in [1.29, 1.82) is 0 Å². The Bertz CT molecular complexity index is 947. The van der Waals surface area contributed by atoms with Gasteiger partial charge in [0.25, 0.3) is 11.5 Å². The molecule has 2 atom stereocenters. The van der Waals surface area contributed by atoms with Crippen molar-refractivity contribution in [1.82, 2.24) is 14.7 Å². The zero-order valence-corrected chi connectivity index (χ0v) is 14.0. The average Bonchev–Trinajstić information content (AvgIpc) is 3.09. The molecule has 0 aliphatic carbocycles. The van der Waals surface area contributed by atoms with Gasteiger partial charge in [0, 0.05) is 24.9 Å². The number of hydrogen-bond donors (Lipinski definition) is 2. The summed E-state index contributed by atoms with van der Waals surface area (Å²) in [6, 6.07) is 6.54. The Morgan fingerprint density at radius 2 is 2.24 bits per heavy atom. The molecule has 0 aliphatic rings. The van der Waals surface area contributed by atoms with Crippen LogP contribution < -0.4 is 10.9 Å². The highest BCUT2D eigenvalue weighted by Gasteiger charge is 2.19. The average molecular weight is 341 g/mol. The van der Waals surface area contributed by atoms with Crippen LogP contribution in [0.2, 0.25) is 0 Å².